The molecule has 28 heavy (non-hydrogen) atoms. The van der Waals surface area contributed by atoms with E-state index < -0.39 is 0 Å². The Morgan fingerprint density at radius 3 is 2.86 bits per heavy atom. The summed E-state index contributed by atoms with van der Waals surface area (Å²) in [6.07, 6.45) is 9.48. The lowest BCUT2D eigenvalue weighted by atomic mass is 9.96. The average molecular weight is 378 g/mol. The second-order valence-corrected chi connectivity index (χ2v) is 7.72. The molecule has 7 nitrogen and oxygen atoms in total. The van der Waals surface area contributed by atoms with Crippen molar-refractivity contribution in [3.8, 4) is 0 Å². The zero-order chi connectivity index (χ0) is 19.5. The summed E-state index contributed by atoms with van der Waals surface area (Å²) >= 11 is 0. The summed E-state index contributed by atoms with van der Waals surface area (Å²) in [7, 11) is 0. The summed E-state index contributed by atoms with van der Waals surface area (Å²) in [5.74, 6) is 1.60. The molecule has 1 atom stereocenters. The summed E-state index contributed by atoms with van der Waals surface area (Å²) in [6, 6.07) is 5.91. The Labute approximate surface area is 164 Å². The van der Waals surface area contributed by atoms with Gasteiger partial charge in [0.2, 0.25) is 0 Å². The van der Waals surface area contributed by atoms with E-state index in [2.05, 4.69) is 38.6 Å². The average Bonchev–Trinajstić information content (AvgIpc) is 3.38. The first-order valence-corrected chi connectivity index (χ1v) is 9.86. The van der Waals surface area contributed by atoms with E-state index in [0.717, 1.165) is 37.4 Å². The fourth-order valence-electron chi connectivity index (χ4n) is 3.78. The molecule has 146 valence electrons. The Morgan fingerprint density at radius 2 is 2.11 bits per heavy atom. The van der Waals surface area contributed by atoms with Crippen molar-refractivity contribution in [1.29, 1.82) is 0 Å². The highest BCUT2D eigenvalue weighted by atomic mass is 16.2. The van der Waals surface area contributed by atoms with Crippen molar-refractivity contribution in [3.05, 3.63) is 65.8 Å². The van der Waals surface area contributed by atoms with Gasteiger partial charge in [0.1, 0.15) is 11.5 Å². The molecule has 1 aliphatic heterocycles. The van der Waals surface area contributed by atoms with Crippen molar-refractivity contribution in [3.63, 3.8) is 0 Å². The lowest BCUT2D eigenvalue weighted by molar-refractivity contribution is 0.0697. The number of amides is 1. The van der Waals surface area contributed by atoms with Crippen LogP contribution in [-0.4, -0.2) is 48.6 Å². The summed E-state index contributed by atoms with van der Waals surface area (Å²) in [6.45, 7) is 6.38. The van der Waals surface area contributed by atoms with Crippen LogP contribution >= 0.6 is 0 Å². The molecule has 0 saturated carbocycles. The molecule has 0 radical (unpaired) electrons. The SMILES string of the molecule is CC(C)c1cc(C(=O)N2CCC[C@H](c3nccn3Cc3ccncc3)C2)n[nH]1. The molecule has 1 aliphatic rings. The van der Waals surface area contributed by atoms with Gasteiger partial charge in [-0.25, -0.2) is 4.98 Å². The molecule has 3 aromatic heterocycles. The van der Waals surface area contributed by atoms with E-state index in [-0.39, 0.29) is 11.8 Å². The molecule has 4 heterocycles. The summed E-state index contributed by atoms with van der Waals surface area (Å²) in [5, 5.41) is 7.21. The first kappa shape index (κ1) is 18.4. The predicted octanol–water partition coefficient (Wildman–Crippen LogP) is 3.19. The minimum Gasteiger partial charge on any atom is -0.337 e. The van der Waals surface area contributed by atoms with E-state index in [0.29, 0.717) is 18.2 Å². The number of pyridine rings is 1. The van der Waals surface area contributed by atoms with Crippen LogP contribution in [0.15, 0.2) is 43.0 Å². The first-order valence-electron chi connectivity index (χ1n) is 9.86. The first-order chi connectivity index (χ1) is 13.6. The van der Waals surface area contributed by atoms with Gasteiger partial charge in [-0.3, -0.25) is 14.9 Å². The van der Waals surface area contributed by atoms with Gasteiger partial charge in [0.15, 0.2) is 0 Å². The quantitative estimate of drug-likeness (QED) is 0.739. The molecule has 0 aliphatic carbocycles. The third-order valence-electron chi connectivity index (χ3n) is 5.36. The molecule has 4 rings (SSSR count). The zero-order valence-electron chi connectivity index (χ0n) is 16.4. The van der Waals surface area contributed by atoms with Gasteiger partial charge in [-0.2, -0.15) is 5.10 Å². The zero-order valence-corrected chi connectivity index (χ0v) is 16.4. The largest absolute Gasteiger partial charge is 0.337 e. The number of nitrogens with zero attached hydrogens (tertiary/aromatic N) is 5. The summed E-state index contributed by atoms with van der Waals surface area (Å²) in [5.41, 5.74) is 2.69. The number of aromatic amines is 1. The van der Waals surface area contributed by atoms with E-state index in [1.54, 1.807) is 0 Å². The number of carbonyl (C=O) groups is 1. The van der Waals surface area contributed by atoms with E-state index in [4.69, 9.17) is 0 Å². The van der Waals surface area contributed by atoms with Gasteiger partial charge < -0.3 is 9.47 Å². The number of imidazole rings is 1. The van der Waals surface area contributed by atoms with Crippen molar-refractivity contribution in [1.82, 2.24) is 29.6 Å². The van der Waals surface area contributed by atoms with Gasteiger partial charge in [0, 0.05) is 56.0 Å². The molecule has 1 saturated heterocycles. The number of hydrogen-bond donors (Lipinski definition) is 1. The number of H-pyrrole nitrogens is 1. The van der Waals surface area contributed by atoms with E-state index in [9.17, 15) is 4.79 Å². The minimum absolute atomic E-state index is 0.0000832. The van der Waals surface area contributed by atoms with Crippen LogP contribution in [0.5, 0.6) is 0 Å². The molecule has 7 heteroatoms. The normalized spacial score (nSPS) is 17.2. The standard InChI is InChI=1S/C21H26N6O/c1-15(2)18-12-19(25-24-18)21(28)27-10-3-4-17(14-27)20-23-9-11-26(20)13-16-5-7-22-8-6-16/h5-9,11-12,15,17H,3-4,10,13-14H2,1-2H3,(H,24,25)/t17-/m0/s1. The molecule has 0 aromatic carbocycles. The monoisotopic (exact) mass is 378 g/mol. The molecule has 1 N–H and O–H groups in total. The van der Waals surface area contributed by atoms with Gasteiger partial charge in [-0.1, -0.05) is 13.8 Å². The van der Waals surface area contributed by atoms with Crippen LogP contribution in [0.2, 0.25) is 0 Å². The Balaban J connectivity index is 1.48. The number of nitrogens with one attached hydrogen (secondary N) is 1. The third kappa shape index (κ3) is 3.83. The highest BCUT2D eigenvalue weighted by Gasteiger charge is 2.29. The lowest BCUT2D eigenvalue weighted by Gasteiger charge is -2.32. The number of rotatable bonds is 5. The van der Waals surface area contributed by atoms with Crippen molar-refractivity contribution in [2.45, 2.75) is 45.1 Å². The molecule has 0 spiro atoms. The number of piperidine rings is 1. The number of likely N-dealkylation sites (tertiary alicyclic amines) is 1. The Morgan fingerprint density at radius 1 is 1.29 bits per heavy atom. The number of carbonyl (C=O) groups excluding carboxylic acids is 1. The van der Waals surface area contributed by atoms with Crippen LogP contribution in [0.3, 0.4) is 0 Å². The summed E-state index contributed by atoms with van der Waals surface area (Å²) < 4.78 is 2.18. The fraction of sp³-hybridized carbons (Fsp3) is 0.429. The van der Waals surface area contributed by atoms with Crippen molar-refractivity contribution in [2.75, 3.05) is 13.1 Å². The second kappa shape index (κ2) is 7.96. The van der Waals surface area contributed by atoms with E-state index >= 15 is 0 Å². The van der Waals surface area contributed by atoms with Crippen LogP contribution in [0.1, 0.15) is 66.1 Å². The van der Waals surface area contributed by atoms with Crippen molar-refractivity contribution < 1.29 is 4.79 Å². The van der Waals surface area contributed by atoms with E-state index in [1.807, 2.05) is 47.9 Å². The molecule has 0 bridgehead atoms. The van der Waals surface area contributed by atoms with Gasteiger partial charge in [0.05, 0.1) is 0 Å². The second-order valence-electron chi connectivity index (χ2n) is 7.72. The minimum atomic E-state index is 0.0000832. The molecule has 1 fully saturated rings. The molecule has 0 unspecified atom stereocenters. The van der Waals surface area contributed by atoms with Gasteiger partial charge in [-0.15, -0.1) is 0 Å². The molecular weight excluding hydrogens is 352 g/mol. The van der Waals surface area contributed by atoms with Gasteiger partial charge in [0.25, 0.3) is 5.91 Å². The van der Waals surface area contributed by atoms with Crippen molar-refractivity contribution >= 4 is 5.91 Å². The topological polar surface area (TPSA) is 79.7 Å². The van der Waals surface area contributed by atoms with Crippen LogP contribution in [-0.2, 0) is 6.54 Å². The van der Waals surface area contributed by atoms with Crippen molar-refractivity contribution in [2.24, 2.45) is 0 Å². The fourth-order valence-corrected chi connectivity index (χ4v) is 3.78. The molecular formula is C21H26N6O. The number of aromatic nitrogens is 5. The van der Waals surface area contributed by atoms with Crippen LogP contribution in [0.25, 0.3) is 0 Å². The van der Waals surface area contributed by atoms with Gasteiger partial charge >= 0.3 is 0 Å². The van der Waals surface area contributed by atoms with Crippen LogP contribution < -0.4 is 0 Å². The Hall–Kier alpha value is -2.96. The van der Waals surface area contributed by atoms with Crippen LogP contribution in [0, 0.1) is 0 Å². The highest BCUT2D eigenvalue weighted by molar-refractivity contribution is 5.92. The molecule has 1 amide bonds. The highest BCUT2D eigenvalue weighted by Crippen LogP contribution is 2.27. The predicted molar refractivity (Wildman–Crippen MR) is 106 cm³/mol. The number of hydrogen-bond acceptors (Lipinski definition) is 4. The Bertz CT molecular complexity index is 929. The smallest absolute Gasteiger partial charge is 0.274 e. The maximum Gasteiger partial charge on any atom is 0.274 e. The van der Waals surface area contributed by atoms with Crippen LogP contribution in [0.4, 0.5) is 0 Å². The Kier molecular flexibility index (Phi) is 5.23. The lowest BCUT2D eigenvalue weighted by Crippen LogP contribution is -2.40. The third-order valence-corrected chi connectivity index (χ3v) is 5.36. The maximum absolute atomic E-state index is 12.9. The maximum atomic E-state index is 12.9. The summed E-state index contributed by atoms with van der Waals surface area (Å²) in [4.78, 5) is 23.6. The molecule has 3 aromatic rings. The van der Waals surface area contributed by atoms with Gasteiger partial charge in [-0.05, 0) is 42.5 Å². The van der Waals surface area contributed by atoms with E-state index in [1.165, 1.54) is 5.56 Å².